The quantitative estimate of drug-likeness (QED) is 0.846. The molecule has 90 valence electrons. The maximum absolute atomic E-state index is 4.41. The van der Waals surface area contributed by atoms with Crippen LogP contribution in [0, 0.1) is 12.8 Å². The van der Waals surface area contributed by atoms with Gasteiger partial charge in [0.1, 0.15) is 5.82 Å². The molecule has 3 nitrogen and oxygen atoms in total. The number of aromatic amines is 1. The Kier molecular flexibility index (Phi) is 2.75. The fraction of sp³-hybridized carbons (Fsp3) is 0.500. The van der Waals surface area contributed by atoms with E-state index in [1.165, 1.54) is 31.4 Å². The molecular formula is C14H19N3. The summed E-state index contributed by atoms with van der Waals surface area (Å²) in [5.41, 5.74) is 3.38. The van der Waals surface area contributed by atoms with E-state index in [2.05, 4.69) is 33.5 Å². The van der Waals surface area contributed by atoms with Crippen LogP contribution in [-0.2, 0) is 0 Å². The molecule has 1 fully saturated rings. The van der Waals surface area contributed by atoms with Crippen molar-refractivity contribution in [2.24, 2.45) is 5.92 Å². The highest BCUT2D eigenvalue weighted by Gasteiger charge is 2.14. The number of hydrogen-bond donors (Lipinski definition) is 2. The first-order valence-electron chi connectivity index (χ1n) is 6.51. The van der Waals surface area contributed by atoms with Crippen molar-refractivity contribution in [3.63, 3.8) is 0 Å². The molecule has 1 heterocycles. The van der Waals surface area contributed by atoms with E-state index in [0.29, 0.717) is 0 Å². The molecule has 1 saturated carbocycles. The van der Waals surface area contributed by atoms with E-state index in [1.807, 2.05) is 6.92 Å². The molecule has 0 saturated heterocycles. The molecule has 0 unspecified atom stereocenters. The third-order valence-electron chi connectivity index (χ3n) is 3.67. The van der Waals surface area contributed by atoms with Crippen molar-refractivity contribution in [2.45, 2.75) is 32.6 Å². The standard InChI is InChI=1S/C14H19N3/c1-10-16-13-7-6-12(8-14(13)17-10)15-9-11-4-2-3-5-11/h6-8,11,15H,2-5,9H2,1H3,(H,16,17). The third kappa shape index (κ3) is 2.28. The maximum atomic E-state index is 4.41. The summed E-state index contributed by atoms with van der Waals surface area (Å²) < 4.78 is 0. The first kappa shape index (κ1) is 10.6. The van der Waals surface area contributed by atoms with Crippen molar-refractivity contribution in [1.29, 1.82) is 0 Å². The summed E-state index contributed by atoms with van der Waals surface area (Å²) in [7, 11) is 0. The normalized spacial score (nSPS) is 16.8. The van der Waals surface area contributed by atoms with E-state index in [4.69, 9.17) is 0 Å². The number of nitrogens with one attached hydrogen (secondary N) is 2. The molecule has 2 N–H and O–H groups in total. The largest absolute Gasteiger partial charge is 0.385 e. The average molecular weight is 229 g/mol. The smallest absolute Gasteiger partial charge is 0.104 e. The Morgan fingerprint density at radius 1 is 1.35 bits per heavy atom. The van der Waals surface area contributed by atoms with Crippen LogP contribution in [0.15, 0.2) is 18.2 Å². The summed E-state index contributed by atoms with van der Waals surface area (Å²) >= 11 is 0. The Hall–Kier alpha value is -1.51. The lowest BCUT2D eigenvalue weighted by atomic mass is 10.1. The first-order valence-corrected chi connectivity index (χ1v) is 6.51. The van der Waals surface area contributed by atoms with E-state index in [-0.39, 0.29) is 0 Å². The number of anilines is 1. The predicted octanol–water partition coefficient (Wildman–Crippen LogP) is 3.47. The fourth-order valence-electron chi connectivity index (χ4n) is 2.72. The number of benzene rings is 1. The predicted molar refractivity (Wildman–Crippen MR) is 71.3 cm³/mol. The second-order valence-electron chi connectivity index (χ2n) is 5.09. The van der Waals surface area contributed by atoms with Gasteiger partial charge in [-0.2, -0.15) is 0 Å². The van der Waals surface area contributed by atoms with Crippen molar-refractivity contribution >= 4 is 16.7 Å². The summed E-state index contributed by atoms with van der Waals surface area (Å²) in [6.45, 7) is 3.10. The van der Waals surface area contributed by atoms with Gasteiger partial charge in [-0.1, -0.05) is 12.8 Å². The molecule has 1 aliphatic carbocycles. The topological polar surface area (TPSA) is 40.7 Å². The van der Waals surface area contributed by atoms with E-state index < -0.39 is 0 Å². The monoisotopic (exact) mass is 229 g/mol. The highest BCUT2D eigenvalue weighted by Crippen LogP contribution is 2.25. The molecule has 2 aromatic rings. The lowest BCUT2D eigenvalue weighted by molar-refractivity contribution is 0.580. The zero-order valence-electron chi connectivity index (χ0n) is 10.3. The number of aryl methyl sites for hydroxylation is 1. The van der Waals surface area contributed by atoms with E-state index in [9.17, 15) is 0 Å². The van der Waals surface area contributed by atoms with E-state index in [1.54, 1.807) is 0 Å². The van der Waals surface area contributed by atoms with Crippen molar-refractivity contribution < 1.29 is 0 Å². The zero-order valence-corrected chi connectivity index (χ0v) is 10.3. The molecule has 3 rings (SSSR count). The Labute approximate surface area is 102 Å². The molecule has 3 heteroatoms. The number of H-pyrrole nitrogens is 1. The van der Waals surface area contributed by atoms with E-state index >= 15 is 0 Å². The molecule has 17 heavy (non-hydrogen) atoms. The number of imidazole rings is 1. The van der Waals surface area contributed by atoms with Crippen molar-refractivity contribution in [3.05, 3.63) is 24.0 Å². The third-order valence-corrected chi connectivity index (χ3v) is 3.67. The van der Waals surface area contributed by atoms with Gasteiger partial charge in [-0.05, 0) is 43.9 Å². The first-order chi connectivity index (χ1) is 8.31. The summed E-state index contributed by atoms with van der Waals surface area (Å²) in [4.78, 5) is 7.68. The SMILES string of the molecule is Cc1nc2ccc(NCC3CCCC3)cc2[nH]1. The second kappa shape index (κ2) is 4.40. The minimum Gasteiger partial charge on any atom is -0.385 e. The molecule has 0 radical (unpaired) electrons. The Morgan fingerprint density at radius 3 is 3.00 bits per heavy atom. The van der Waals surface area contributed by atoms with Gasteiger partial charge >= 0.3 is 0 Å². The molecule has 1 aromatic heterocycles. The van der Waals surface area contributed by atoms with Crippen LogP contribution in [-0.4, -0.2) is 16.5 Å². The van der Waals surface area contributed by atoms with Gasteiger partial charge in [0.05, 0.1) is 11.0 Å². The summed E-state index contributed by atoms with van der Waals surface area (Å²) in [5, 5.41) is 3.54. The second-order valence-corrected chi connectivity index (χ2v) is 5.09. The number of hydrogen-bond acceptors (Lipinski definition) is 2. The molecule has 0 spiro atoms. The van der Waals surface area contributed by atoms with Crippen LogP contribution >= 0.6 is 0 Å². The number of aromatic nitrogens is 2. The Morgan fingerprint density at radius 2 is 2.18 bits per heavy atom. The van der Waals surface area contributed by atoms with Gasteiger partial charge in [0.2, 0.25) is 0 Å². The van der Waals surface area contributed by atoms with Crippen LogP contribution < -0.4 is 5.32 Å². The van der Waals surface area contributed by atoms with Crippen molar-refractivity contribution in [3.8, 4) is 0 Å². The van der Waals surface area contributed by atoms with Gasteiger partial charge in [-0.3, -0.25) is 0 Å². The van der Waals surface area contributed by atoms with Crippen LogP contribution in [0.1, 0.15) is 31.5 Å². The fourth-order valence-corrected chi connectivity index (χ4v) is 2.72. The van der Waals surface area contributed by atoms with Crippen LogP contribution in [0.3, 0.4) is 0 Å². The molecule has 1 aromatic carbocycles. The average Bonchev–Trinajstić information content (AvgIpc) is 2.92. The highest BCUT2D eigenvalue weighted by molar-refractivity contribution is 5.79. The lowest BCUT2D eigenvalue weighted by Crippen LogP contribution is -2.10. The molecule has 0 aliphatic heterocycles. The van der Waals surface area contributed by atoms with Crippen molar-refractivity contribution in [2.75, 3.05) is 11.9 Å². The molecular weight excluding hydrogens is 210 g/mol. The minimum atomic E-state index is 0.870. The van der Waals surface area contributed by atoms with Crippen LogP contribution in [0.4, 0.5) is 5.69 Å². The highest BCUT2D eigenvalue weighted by atomic mass is 14.9. The molecule has 0 atom stereocenters. The molecule has 1 aliphatic rings. The Balaban J connectivity index is 1.71. The minimum absolute atomic E-state index is 0.870. The maximum Gasteiger partial charge on any atom is 0.104 e. The summed E-state index contributed by atoms with van der Waals surface area (Å²) in [6.07, 6.45) is 5.59. The Bertz CT molecular complexity index is 509. The van der Waals surface area contributed by atoms with Gasteiger partial charge in [0.25, 0.3) is 0 Å². The van der Waals surface area contributed by atoms with Crippen molar-refractivity contribution in [1.82, 2.24) is 9.97 Å². The van der Waals surface area contributed by atoms with Crippen LogP contribution in [0.2, 0.25) is 0 Å². The summed E-state index contributed by atoms with van der Waals surface area (Å²) in [6, 6.07) is 6.36. The van der Waals surface area contributed by atoms with Crippen LogP contribution in [0.5, 0.6) is 0 Å². The van der Waals surface area contributed by atoms with Gasteiger partial charge < -0.3 is 10.3 Å². The number of nitrogens with zero attached hydrogens (tertiary/aromatic N) is 1. The van der Waals surface area contributed by atoms with Gasteiger partial charge in [-0.15, -0.1) is 0 Å². The van der Waals surface area contributed by atoms with Crippen LogP contribution in [0.25, 0.3) is 11.0 Å². The zero-order chi connectivity index (χ0) is 11.7. The van der Waals surface area contributed by atoms with E-state index in [0.717, 1.165) is 29.3 Å². The number of rotatable bonds is 3. The molecule has 0 bridgehead atoms. The van der Waals surface area contributed by atoms with Gasteiger partial charge in [0.15, 0.2) is 0 Å². The summed E-state index contributed by atoms with van der Waals surface area (Å²) in [5.74, 6) is 1.85. The van der Waals surface area contributed by atoms with Gasteiger partial charge in [-0.25, -0.2) is 4.98 Å². The number of fused-ring (bicyclic) bond motifs is 1. The van der Waals surface area contributed by atoms with Gasteiger partial charge in [0, 0.05) is 12.2 Å². The molecule has 0 amide bonds. The lowest BCUT2D eigenvalue weighted by Gasteiger charge is -2.11.